The lowest BCUT2D eigenvalue weighted by atomic mass is 10.1. The first kappa shape index (κ1) is 23.0. The summed E-state index contributed by atoms with van der Waals surface area (Å²) in [5, 5.41) is 5.46. The van der Waals surface area contributed by atoms with Crippen LogP contribution in [0.3, 0.4) is 0 Å². The average molecular weight is 462 g/mol. The van der Waals surface area contributed by atoms with Gasteiger partial charge in [0.2, 0.25) is 5.43 Å². The van der Waals surface area contributed by atoms with Gasteiger partial charge in [-0.1, -0.05) is 19.1 Å². The number of furan rings is 1. The molecule has 0 aliphatic carbocycles. The molecule has 3 aromatic heterocycles. The maximum Gasteiger partial charge on any atom is 0.257 e. The summed E-state index contributed by atoms with van der Waals surface area (Å²) >= 11 is 0. The van der Waals surface area contributed by atoms with E-state index in [0.717, 1.165) is 23.3 Å². The van der Waals surface area contributed by atoms with Crippen molar-refractivity contribution < 1.29 is 14.0 Å². The lowest BCUT2D eigenvalue weighted by Crippen LogP contribution is -2.36. The molecule has 4 aromatic rings. The van der Waals surface area contributed by atoms with Gasteiger partial charge in [0, 0.05) is 31.4 Å². The summed E-state index contributed by atoms with van der Waals surface area (Å²) in [4.78, 5) is 46.4. The average Bonchev–Trinajstić information content (AvgIpc) is 3.51. The number of carbonyl (C=O) groups excluding carboxylic acids is 2. The van der Waals surface area contributed by atoms with Crippen molar-refractivity contribution in [3.05, 3.63) is 88.0 Å². The molecule has 1 aromatic carbocycles. The van der Waals surface area contributed by atoms with Crippen LogP contribution in [0.5, 0.6) is 0 Å². The van der Waals surface area contributed by atoms with E-state index in [-0.39, 0.29) is 30.3 Å². The van der Waals surface area contributed by atoms with Crippen LogP contribution in [0.25, 0.3) is 11.0 Å². The first-order chi connectivity index (χ1) is 16.5. The standard InChI is InChI=1S/C25H27N5O4/c1-3-16(2)30-14-18(23(31)19(15-30)25(33)27-13-17-7-6-12-34-17)24(32)26-11-10-22-28-20-8-4-5-9-21(20)29-22/h4-9,12,14-16H,3,10-11,13H2,1-2H3,(H,26,32)(H,27,33)(H,28,29)/t16-/m0/s1. The Hall–Kier alpha value is -4.14. The molecule has 0 radical (unpaired) electrons. The molecular weight excluding hydrogens is 434 g/mol. The number of benzene rings is 1. The number of H-pyrrole nitrogens is 1. The van der Waals surface area contributed by atoms with Crippen LogP contribution >= 0.6 is 0 Å². The Balaban J connectivity index is 1.50. The van der Waals surface area contributed by atoms with Crippen LogP contribution in [0.15, 0.2) is 64.3 Å². The van der Waals surface area contributed by atoms with E-state index >= 15 is 0 Å². The number of hydrogen-bond acceptors (Lipinski definition) is 5. The largest absolute Gasteiger partial charge is 0.467 e. The van der Waals surface area contributed by atoms with E-state index in [0.29, 0.717) is 12.2 Å². The van der Waals surface area contributed by atoms with Crippen molar-refractivity contribution in [1.29, 1.82) is 0 Å². The van der Waals surface area contributed by atoms with Crippen molar-refractivity contribution in [3.63, 3.8) is 0 Å². The van der Waals surface area contributed by atoms with Crippen LogP contribution in [0.2, 0.25) is 0 Å². The molecule has 34 heavy (non-hydrogen) atoms. The third kappa shape index (κ3) is 5.09. The number of nitrogens with one attached hydrogen (secondary N) is 3. The van der Waals surface area contributed by atoms with Gasteiger partial charge in [0.15, 0.2) is 0 Å². The van der Waals surface area contributed by atoms with Gasteiger partial charge in [-0.2, -0.15) is 0 Å². The molecule has 0 saturated heterocycles. The Morgan fingerprint density at radius 1 is 1.09 bits per heavy atom. The monoisotopic (exact) mass is 461 g/mol. The minimum absolute atomic E-state index is 0.000628. The number of nitrogens with zero attached hydrogens (tertiary/aromatic N) is 2. The van der Waals surface area contributed by atoms with Crippen molar-refractivity contribution in [2.24, 2.45) is 0 Å². The second kappa shape index (κ2) is 10.2. The smallest absolute Gasteiger partial charge is 0.257 e. The van der Waals surface area contributed by atoms with Gasteiger partial charge in [0.25, 0.3) is 11.8 Å². The van der Waals surface area contributed by atoms with Gasteiger partial charge in [0.1, 0.15) is 22.7 Å². The second-order valence-corrected chi connectivity index (χ2v) is 8.09. The molecule has 9 nitrogen and oxygen atoms in total. The number of para-hydroxylation sites is 2. The zero-order chi connectivity index (χ0) is 24.1. The molecule has 0 spiro atoms. The van der Waals surface area contributed by atoms with Gasteiger partial charge < -0.3 is 24.6 Å². The molecule has 1 atom stereocenters. The minimum atomic E-state index is -0.613. The molecule has 0 aliphatic heterocycles. The Kier molecular flexibility index (Phi) is 6.91. The molecule has 0 unspecified atom stereocenters. The summed E-state index contributed by atoms with van der Waals surface area (Å²) in [6.45, 7) is 4.38. The molecule has 0 aliphatic rings. The van der Waals surface area contributed by atoms with E-state index in [9.17, 15) is 14.4 Å². The Bertz CT molecular complexity index is 1320. The summed E-state index contributed by atoms with van der Waals surface area (Å²) in [6, 6.07) is 11.1. The number of aromatic amines is 1. The highest BCUT2D eigenvalue weighted by Crippen LogP contribution is 2.12. The van der Waals surface area contributed by atoms with Crippen LogP contribution < -0.4 is 16.1 Å². The highest BCUT2D eigenvalue weighted by molar-refractivity contribution is 5.99. The maximum absolute atomic E-state index is 13.0. The summed E-state index contributed by atoms with van der Waals surface area (Å²) in [6.07, 6.45) is 5.76. The Morgan fingerprint density at radius 2 is 1.82 bits per heavy atom. The number of pyridine rings is 1. The SMILES string of the molecule is CC[C@H](C)n1cc(C(=O)NCCc2nc3ccccc3[nH]2)c(=O)c(C(=O)NCc2ccco2)c1. The zero-order valence-electron chi connectivity index (χ0n) is 19.1. The van der Waals surface area contributed by atoms with Crippen LogP contribution in [0, 0.1) is 0 Å². The Labute approximate surface area is 196 Å². The number of imidazole rings is 1. The highest BCUT2D eigenvalue weighted by atomic mass is 16.3. The van der Waals surface area contributed by atoms with E-state index in [1.807, 2.05) is 38.1 Å². The second-order valence-electron chi connectivity index (χ2n) is 8.09. The third-order valence-electron chi connectivity index (χ3n) is 5.72. The van der Waals surface area contributed by atoms with E-state index in [2.05, 4.69) is 20.6 Å². The van der Waals surface area contributed by atoms with Crippen LogP contribution in [-0.4, -0.2) is 32.9 Å². The molecule has 0 bridgehead atoms. The van der Waals surface area contributed by atoms with E-state index in [1.165, 1.54) is 18.7 Å². The molecule has 0 fully saturated rings. The number of carbonyl (C=O) groups is 2. The van der Waals surface area contributed by atoms with Crippen LogP contribution in [0.1, 0.15) is 58.6 Å². The lowest BCUT2D eigenvalue weighted by molar-refractivity contribution is 0.0945. The molecule has 3 heterocycles. The number of amides is 2. The number of aromatic nitrogens is 3. The van der Waals surface area contributed by atoms with Crippen LogP contribution in [-0.2, 0) is 13.0 Å². The van der Waals surface area contributed by atoms with Gasteiger partial charge in [-0.15, -0.1) is 0 Å². The minimum Gasteiger partial charge on any atom is -0.467 e. The summed E-state index contributed by atoms with van der Waals surface area (Å²) in [5.41, 5.74) is 1.01. The van der Waals surface area contributed by atoms with Gasteiger partial charge >= 0.3 is 0 Å². The number of fused-ring (bicyclic) bond motifs is 1. The molecule has 3 N–H and O–H groups in total. The normalized spacial score (nSPS) is 11.9. The Morgan fingerprint density at radius 3 is 2.50 bits per heavy atom. The molecule has 176 valence electrons. The van der Waals surface area contributed by atoms with Gasteiger partial charge in [-0.05, 0) is 37.6 Å². The van der Waals surface area contributed by atoms with E-state index in [4.69, 9.17) is 4.42 Å². The first-order valence-corrected chi connectivity index (χ1v) is 11.2. The quantitative estimate of drug-likeness (QED) is 0.353. The van der Waals surface area contributed by atoms with Crippen molar-refractivity contribution >= 4 is 22.8 Å². The predicted octanol–water partition coefficient (Wildman–Crippen LogP) is 3.19. The lowest BCUT2D eigenvalue weighted by Gasteiger charge is -2.17. The van der Waals surface area contributed by atoms with Crippen molar-refractivity contribution in [2.45, 2.75) is 39.3 Å². The highest BCUT2D eigenvalue weighted by Gasteiger charge is 2.20. The summed E-state index contributed by atoms with van der Waals surface area (Å²) in [7, 11) is 0. The van der Waals surface area contributed by atoms with Crippen molar-refractivity contribution in [3.8, 4) is 0 Å². The molecule has 0 saturated carbocycles. The molecular formula is C25H27N5O4. The molecule has 9 heteroatoms. The van der Waals surface area contributed by atoms with Crippen LogP contribution in [0.4, 0.5) is 0 Å². The fraction of sp³-hybridized carbons (Fsp3) is 0.280. The number of hydrogen-bond donors (Lipinski definition) is 3. The predicted molar refractivity (Wildman–Crippen MR) is 128 cm³/mol. The summed E-state index contributed by atoms with van der Waals surface area (Å²) in [5.74, 6) is 0.217. The fourth-order valence-corrected chi connectivity index (χ4v) is 3.58. The first-order valence-electron chi connectivity index (χ1n) is 11.2. The molecule has 2 amide bonds. The van der Waals surface area contributed by atoms with Crippen molar-refractivity contribution in [2.75, 3.05) is 6.54 Å². The fourth-order valence-electron chi connectivity index (χ4n) is 3.58. The number of rotatable bonds is 9. The van der Waals surface area contributed by atoms with Gasteiger partial charge in [-0.25, -0.2) is 4.98 Å². The maximum atomic E-state index is 13.0. The van der Waals surface area contributed by atoms with E-state index < -0.39 is 17.2 Å². The van der Waals surface area contributed by atoms with E-state index in [1.54, 1.807) is 16.7 Å². The summed E-state index contributed by atoms with van der Waals surface area (Å²) < 4.78 is 6.95. The zero-order valence-corrected chi connectivity index (χ0v) is 19.1. The van der Waals surface area contributed by atoms with Gasteiger partial charge in [-0.3, -0.25) is 14.4 Å². The topological polar surface area (TPSA) is 122 Å². The molecule has 4 rings (SSSR count). The van der Waals surface area contributed by atoms with Crippen molar-refractivity contribution in [1.82, 2.24) is 25.2 Å². The van der Waals surface area contributed by atoms with Gasteiger partial charge in [0.05, 0.1) is 23.8 Å². The third-order valence-corrected chi connectivity index (χ3v) is 5.72.